The van der Waals surface area contributed by atoms with E-state index in [1.54, 1.807) is 0 Å². The van der Waals surface area contributed by atoms with Crippen molar-refractivity contribution in [2.45, 2.75) is 158 Å². The Bertz CT molecular complexity index is 848. The number of unbranched alkanes of at least 4 members (excludes halogenated alkanes) is 3. The maximum atomic E-state index is 11.8. The number of aliphatic hydroxyl groups is 6. The summed E-state index contributed by atoms with van der Waals surface area (Å²) in [6.07, 6.45) is 2.81. The molecule has 0 aromatic carbocycles. The Hall–Kier alpha value is -0.930. The van der Waals surface area contributed by atoms with Gasteiger partial charge in [0, 0.05) is 38.6 Å². The van der Waals surface area contributed by atoms with Gasteiger partial charge >= 0.3 is 0 Å². The van der Waals surface area contributed by atoms with Gasteiger partial charge < -0.3 is 50.2 Å². The zero-order chi connectivity index (χ0) is 31.6. The molecule has 2 saturated heterocycles. The minimum Gasteiger partial charge on any atom is -0.394 e. The number of aliphatic hydroxyl groups excluding tert-OH is 6. The highest BCUT2D eigenvalue weighted by atomic mass is 16.7. The lowest BCUT2D eigenvalue weighted by molar-refractivity contribution is -0.314. The van der Waals surface area contributed by atoms with E-state index in [0.717, 1.165) is 58.1 Å². The van der Waals surface area contributed by atoms with Crippen molar-refractivity contribution in [2.75, 3.05) is 26.3 Å². The van der Waals surface area contributed by atoms with Crippen LogP contribution >= 0.6 is 0 Å². The number of carbonyl (C=O) groups excluding carboxylic acids is 1. The quantitative estimate of drug-likeness (QED) is 0.106. The molecule has 4 rings (SSSR count). The first-order chi connectivity index (χ1) is 21.2. The molecule has 4 fully saturated rings. The summed E-state index contributed by atoms with van der Waals surface area (Å²) in [7, 11) is 0. The Morgan fingerprint density at radius 1 is 0.977 bits per heavy atom. The molecule has 2 heterocycles. The van der Waals surface area contributed by atoms with Crippen LogP contribution in [0.25, 0.3) is 0 Å². The molecule has 7 N–H and O–H groups in total. The van der Waals surface area contributed by atoms with E-state index in [4.69, 9.17) is 14.2 Å². The summed E-state index contributed by atoms with van der Waals surface area (Å²) in [6, 6.07) is 0.626. The highest BCUT2D eigenvalue weighted by molar-refractivity contribution is 5.75. The van der Waals surface area contributed by atoms with Gasteiger partial charge in [-0.25, -0.2) is 0 Å². The molecule has 0 aromatic rings. The molecule has 0 aromatic heterocycles. The van der Waals surface area contributed by atoms with Gasteiger partial charge in [0.05, 0.1) is 24.9 Å². The molecule has 0 spiro atoms. The minimum atomic E-state index is -1.53. The Kier molecular flexibility index (Phi) is 14.6. The lowest BCUT2D eigenvalue weighted by Crippen LogP contribution is -2.59. The minimum absolute atomic E-state index is 0.0633. The van der Waals surface area contributed by atoms with Crippen molar-refractivity contribution < 1.29 is 49.6 Å². The maximum Gasteiger partial charge on any atom is 0.219 e. The van der Waals surface area contributed by atoms with Gasteiger partial charge in [-0.2, -0.15) is 0 Å². The van der Waals surface area contributed by atoms with Crippen LogP contribution in [0.3, 0.4) is 0 Å². The van der Waals surface area contributed by atoms with Gasteiger partial charge in [0.2, 0.25) is 5.91 Å². The van der Waals surface area contributed by atoms with Crippen LogP contribution < -0.4 is 5.32 Å². The lowest BCUT2D eigenvalue weighted by atomic mass is 9.84. The highest BCUT2D eigenvalue weighted by Crippen LogP contribution is 2.42. The predicted octanol–water partition coefficient (Wildman–Crippen LogP) is 0.777. The van der Waals surface area contributed by atoms with Crippen LogP contribution in [0.2, 0.25) is 0 Å². The van der Waals surface area contributed by atoms with Crippen molar-refractivity contribution in [3.8, 4) is 0 Å². The van der Waals surface area contributed by atoms with E-state index in [-0.39, 0.29) is 24.0 Å². The summed E-state index contributed by atoms with van der Waals surface area (Å²) in [6.45, 7) is 3.81. The second-order valence-electron chi connectivity index (χ2n) is 13.4. The van der Waals surface area contributed by atoms with Gasteiger partial charge in [-0.1, -0.05) is 19.3 Å². The summed E-state index contributed by atoms with van der Waals surface area (Å²) in [5.74, 6) is -0.128. The van der Waals surface area contributed by atoms with Crippen molar-refractivity contribution in [3.05, 3.63) is 0 Å². The van der Waals surface area contributed by atoms with Crippen molar-refractivity contribution in [1.82, 2.24) is 10.2 Å². The molecule has 2 saturated carbocycles. The molecule has 1 amide bonds. The van der Waals surface area contributed by atoms with E-state index in [1.807, 2.05) is 6.92 Å². The summed E-state index contributed by atoms with van der Waals surface area (Å²) < 4.78 is 17.8. The third kappa shape index (κ3) is 10.0. The smallest absolute Gasteiger partial charge is 0.219 e. The first-order valence-corrected chi connectivity index (χ1v) is 17.2. The predicted molar refractivity (Wildman–Crippen MR) is 161 cm³/mol. The zero-order valence-corrected chi connectivity index (χ0v) is 26.4. The third-order valence-corrected chi connectivity index (χ3v) is 10.1. The Morgan fingerprint density at radius 3 is 2.45 bits per heavy atom. The first-order valence-electron chi connectivity index (χ1n) is 17.2. The molecule has 12 heteroatoms. The van der Waals surface area contributed by atoms with Crippen molar-refractivity contribution in [3.63, 3.8) is 0 Å². The summed E-state index contributed by atoms with van der Waals surface area (Å²) in [5, 5.41) is 65.5. The number of ether oxygens (including phenoxy) is 3. The van der Waals surface area contributed by atoms with E-state index in [0.29, 0.717) is 44.7 Å². The summed E-state index contributed by atoms with van der Waals surface area (Å²) in [4.78, 5) is 14.2. The van der Waals surface area contributed by atoms with Gasteiger partial charge in [0.1, 0.15) is 30.6 Å². The average Bonchev–Trinajstić information content (AvgIpc) is 3.82. The monoisotopic (exact) mass is 630 g/mol. The van der Waals surface area contributed by atoms with Crippen LogP contribution in [0.1, 0.15) is 96.8 Å². The molecule has 12 nitrogen and oxygen atoms in total. The number of nitrogens with one attached hydrogen (secondary N) is 1. The summed E-state index contributed by atoms with van der Waals surface area (Å²) >= 11 is 0. The van der Waals surface area contributed by atoms with Gasteiger partial charge in [0.25, 0.3) is 0 Å². The molecular weight excluding hydrogens is 572 g/mol. The molecule has 11 atom stereocenters. The zero-order valence-electron chi connectivity index (χ0n) is 26.4. The number of hydrogen-bond donors (Lipinski definition) is 7. The van der Waals surface area contributed by atoms with Crippen LogP contribution in [0, 0.1) is 11.8 Å². The number of hydrogen-bond acceptors (Lipinski definition) is 11. The molecule has 2 aliphatic carbocycles. The van der Waals surface area contributed by atoms with Gasteiger partial charge in [-0.05, 0) is 76.5 Å². The fraction of sp³-hybridized carbons (Fsp3) is 0.969. The van der Waals surface area contributed by atoms with Crippen LogP contribution in [0.15, 0.2) is 0 Å². The molecule has 0 bridgehead atoms. The normalized spacial score (nSPS) is 37.2. The van der Waals surface area contributed by atoms with Crippen molar-refractivity contribution >= 4 is 5.91 Å². The summed E-state index contributed by atoms with van der Waals surface area (Å²) in [5.41, 5.74) is 0. The molecule has 0 radical (unpaired) electrons. The molecule has 2 aliphatic heterocycles. The lowest BCUT2D eigenvalue weighted by Gasteiger charge is -2.41. The van der Waals surface area contributed by atoms with E-state index in [9.17, 15) is 35.4 Å². The van der Waals surface area contributed by atoms with E-state index in [2.05, 4.69) is 10.2 Å². The van der Waals surface area contributed by atoms with Crippen molar-refractivity contribution in [2.24, 2.45) is 11.8 Å². The van der Waals surface area contributed by atoms with Gasteiger partial charge in [-0.15, -0.1) is 0 Å². The molecular formula is C32H58N2O10. The molecule has 4 aliphatic rings. The number of amides is 1. The molecule has 256 valence electrons. The molecule has 3 unspecified atom stereocenters. The fourth-order valence-electron chi connectivity index (χ4n) is 7.41. The second-order valence-corrected chi connectivity index (χ2v) is 13.4. The SMILES string of the molecule is CCNC(=O)CCCCCC[C@@H]1[C@@H](CC[C@@H](O)CCC2OCCCN2C2CC2)[C@H](O)C[C@@H]1O[C@@H]1OC(CO)[C@@H](O)[C@H](O)C1O. The van der Waals surface area contributed by atoms with Crippen molar-refractivity contribution in [1.29, 1.82) is 0 Å². The Balaban J connectivity index is 1.31. The number of rotatable bonds is 18. The third-order valence-electron chi connectivity index (χ3n) is 10.1. The van der Waals surface area contributed by atoms with Crippen LogP contribution in [0.5, 0.6) is 0 Å². The number of nitrogens with zero attached hydrogens (tertiary/aromatic N) is 1. The fourth-order valence-corrected chi connectivity index (χ4v) is 7.41. The molecule has 44 heavy (non-hydrogen) atoms. The van der Waals surface area contributed by atoms with E-state index in [1.165, 1.54) is 12.8 Å². The van der Waals surface area contributed by atoms with Gasteiger partial charge in [0.15, 0.2) is 6.29 Å². The topological polar surface area (TPSA) is 181 Å². The van der Waals surface area contributed by atoms with E-state index < -0.39 is 55.6 Å². The van der Waals surface area contributed by atoms with Crippen LogP contribution in [0.4, 0.5) is 0 Å². The Morgan fingerprint density at radius 2 is 1.73 bits per heavy atom. The average molecular weight is 631 g/mol. The van der Waals surface area contributed by atoms with Gasteiger partial charge in [-0.3, -0.25) is 9.69 Å². The number of carbonyl (C=O) groups is 1. The van der Waals surface area contributed by atoms with Crippen LogP contribution in [-0.2, 0) is 19.0 Å². The second kappa shape index (κ2) is 17.8. The highest BCUT2D eigenvalue weighted by Gasteiger charge is 2.49. The standard InChI is InChI=1S/C32H58N2O10/c1-2-33-27(38)9-6-4-3-5-8-23-22(14-12-21(36)13-15-28-34(20-10-11-20)16-7-17-42-28)24(37)18-25(23)43-32-31(41)30(40)29(39)26(19-35)44-32/h20-26,28-32,35-37,39-41H,2-19H2,1H3,(H,33,38)/t21-,22-,23-,24-,25+,26?,28?,29-,30+,31?,32-/m1/s1. The Labute approximate surface area is 262 Å². The van der Waals surface area contributed by atoms with Crippen LogP contribution in [-0.4, -0.2) is 129 Å². The largest absolute Gasteiger partial charge is 0.394 e. The first kappa shape index (κ1) is 35.9. The van der Waals surface area contributed by atoms with E-state index >= 15 is 0 Å². The maximum absolute atomic E-state index is 11.8.